The third kappa shape index (κ3) is 3.49. The molecule has 2 atom stereocenters. The molecule has 2 unspecified atom stereocenters. The molecular weight excluding hydrogens is 226 g/mol. The summed E-state index contributed by atoms with van der Waals surface area (Å²) in [6.45, 7) is 7.93. The monoisotopic (exact) mass is 249 g/mol. The topological polar surface area (TPSA) is 12.0 Å². The minimum Gasteiger partial charge on any atom is -0.314 e. The van der Waals surface area contributed by atoms with E-state index in [4.69, 9.17) is 0 Å². The van der Waals surface area contributed by atoms with Crippen molar-refractivity contribution in [2.45, 2.75) is 44.0 Å². The SMILES string of the molecule is CC(CNC(C)C)CC1CSc2ccccc21. The number of hydrogen-bond acceptors (Lipinski definition) is 2. The van der Waals surface area contributed by atoms with E-state index < -0.39 is 0 Å². The summed E-state index contributed by atoms with van der Waals surface area (Å²) in [5.74, 6) is 2.79. The van der Waals surface area contributed by atoms with Crippen molar-refractivity contribution in [2.75, 3.05) is 12.3 Å². The minimum absolute atomic E-state index is 0.600. The molecule has 2 heteroatoms. The van der Waals surface area contributed by atoms with E-state index in [0.29, 0.717) is 6.04 Å². The van der Waals surface area contributed by atoms with E-state index >= 15 is 0 Å². The third-order valence-corrected chi connectivity index (χ3v) is 4.61. The van der Waals surface area contributed by atoms with Crippen LogP contribution < -0.4 is 5.32 Å². The smallest absolute Gasteiger partial charge is 0.0107 e. The highest BCUT2D eigenvalue weighted by Crippen LogP contribution is 2.42. The fourth-order valence-electron chi connectivity index (χ4n) is 2.43. The van der Waals surface area contributed by atoms with E-state index in [0.717, 1.165) is 18.4 Å². The maximum atomic E-state index is 3.54. The molecule has 0 aromatic heterocycles. The molecule has 1 aromatic rings. The highest BCUT2D eigenvalue weighted by atomic mass is 32.2. The summed E-state index contributed by atoms with van der Waals surface area (Å²) < 4.78 is 0. The second kappa shape index (κ2) is 5.92. The zero-order chi connectivity index (χ0) is 12.3. The van der Waals surface area contributed by atoms with E-state index in [9.17, 15) is 0 Å². The second-order valence-corrected chi connectivity index (χ2v) is 6.51. The third-order valence-electron chi connectivity index (χ3n) is 3.36. The maximum absolute atomic E-state index is 3.54. The first kappa shape index (κ1) is 13.0. The Kier molecular flexibility index (Phi) is 4.52. The first-order valence-corrected chi connectivity index (χ1v) is 7.60. The van der Waals surface area contributed by atoms with E-state index in [2.05, 4.69) is 50.4 Å². The zero-order valence-electron chi connectivity index (χ0n) is 11.1. The van der Waals surface area contributed by atoms with Gasteiger partial charge in [0.15, 0.2) is 0 Å². The standard InChI is InChI=1S/C15H23NS/c1-11(2)16-9-12(3)8-13-10-17-15-7-5-4-6-14(13)15/h4-7,11-13,16H,8-10H2,1-3H3. The van der Waals surface area contributed by atoms with Crippen molar-refractivity contribution in [3.63, 3.8) is 0 Å². The second-order valence-electron chi connectivity index (χ2n) is 5.45. The van der Waals surface area contributed by atoms with Crippen molar-refractivity contribution >= 4 is 11.8 Å². The van der Waals surface area contributed by atoms with Gasteiger partial charge in [-0.05, 0) is 36.4 Å². The number of benzene rings is 1. The molecule has 0 radical (unpaired) electrons. The molecule has 0 aliphatic carbocycles. The molecule has 2 rings (SSSR count). The molecule has 94 valence electrons. The van der Waals surface area contributed by atoms with Gasteiger partial charge in [0.05, 0.1) is 0 Å². The van der Waals surface area contributed by atoms with Gasteiger partial charge in [-0.1, -0.05) is 39.0 Å². The summed E-state index contributed by atoms with van der Waals surface area (Å²) >= 11 is 2.02. The Labute approximate surface area is 109 Å². The highest BCUT2D eigenvalue weighted by molar-refractivity contribution is 7.99. The number of fused-ring (bicyclic) bond motifs is 1. The van der Waals surface area contributed by atoms with Crippen molar-refractivity contribution in [2.24, 2.45) is 5.92 Å². The molecule has 0 saturated carbocycles. The number of rotatable bonds is 5. The lowest BCUT2D eigenvalue weighted by Gasteiger charge is -2.19. The Hall–Kier alpha value is -0.470. The predicted molar refractivity (Wildman–Crippen MR) is 76.8 cm³/mol. The van der Waals surface area contributed by atoms with Gasteiger partial charge in [0.1, 0.15) is 0 Å². The fraction of sp³-hybridized carbons (Fsp3) is 0.600. The van der Waals surface area contributed by atoms with Crippen molar-refractivity contribution in [3.05, 3.63) is 29.8 Å². The van der Waals surface area contributed by atoms with Crippen LogP contribution >= 0.6 is 11.8 Å². The van der Waals surface area contributed by atoms with Gasteiger partial charge in [0.2, 0.25) is 0 Å². The van der Waals surface area contributed by atoms with Gasteiger partial charge >= 0.3 is 0 Å². The van der Waals surface area contributed by atoms with Crippen LogP contribution in [-0.4, -0.2) is 18.3 Å². The van der Waals surface area contributed by atoms with Crippen molar-refractivity contribution < 1.29 is 0 Å². The molecule has 1 nitrogen and oxygen atoms in total. The minimum atomic E-state index is 0.600. The normalized spacial score (nSPS) is 20.6. The Balaban J connectivity index is 1.88. The Morgan fingerprint density at radius 1 is 1.29 bits per heavy atom. The summed E-state index contributed by atoms with van der Waals surface area (Å²) in [7, 11) is 0. The van der Waals surface area contributed by atoms with Gasteiger partial charge in [-0.3, -0.25) is 0 Å². The van der Waals surface area contributed by atoms with Crippen LogP contribution in [0.4, 0.5) is 0 Å². The van der Waals surface area contributed by atoms with Gasteiger partial charge in [0.25, 0.3) is 0 Å². The molecule has 1 aliphatic rings. The lowest BCUT2D eigenvalue weighted by Crippen LogP contribution is -2.28. The Morgan fingerprint density at radius 3 is 2.82 bits per heavy atom. The van der Waals surface area contributed by atoms with Crippen molar-refractivity contribution in [1.29, 1.82) is 0 Å². The summed E-state index contributed by atoms with van der Waals surface area (Å²) in [5.41, 5.74) is 1.58. The van der Waals surface area contributed by atoms with Gasteiger partial charge in [-0.15, -0.1) is 11.8 Å². The number of hydrogen-bond donors (Lipinski definition) is 1. The summed E-state index contributed by atoms with van der Waals surface area (Å²) in [4.78, 5) is 1.50. The summed E-state index contributed by atoms with van der Waals surface area (Å²) in [6.07, 6.45) is 1.31. The van der Waals surface area contributed by atoms with Crippen LogP contribution in [0.25, 0.3) is 0 Å². The predicted octanol–water partition coefficient (Wildman–Crippen LogP) is 3.90. The van der Waals surface area contributed by atoms with E-state index in [1.807, 2.05) is 11.8 Å². The number of thioether (sulfide) groups is 1. The molecule has 1 heterocycles. The van der Waals surface area contributed by atoms with Crippen molar-refractivity contribution in [1.82, 2.24) is 5.32 Å². The van der Waals surface area contributed by atoms with E-state index in [-0.39, 0.29) is 0 Å². The molecule has 1 aromatic carbocycles. The fourth-order valence-corrected chi connectivity index (χ4v) is 3.70. The van der Waals surface area contributed by atoms with Crippen molar-refractivity contribution in [3.8, 4) is 0 Å². The van der Waals surface area contributed by atoms with E-state index in [1.165, 1.54) is 17.1 Å². The number of nitrogens with one attached hydrogen (secondary N) is 1. The largest absolute Gasteiger partial charge is 0.314 e. The van der Waals surface area contributed by atoms with Crippen LogP contribution in [0.1, 0.15) is 38.7 Å². The van der Waals surface area contributed by atoms with Gasteiger partial charge in [-0.25, -0.2) is 0 Å². The Morgan fingerprint density at radius 2 is 2.06 bits per heavy atom. The van der Waals surface area contributed by atoms with Gasteiger partial charge in [0, 0.05) is 16.7 Å². The molecule has 17 heavy (non-hydrogen) atoms. The van der Waals surface area contributed by atoms with Gasteiger partial charge in [-0.2, -0.15) is 0 Å². The molecule has 0 fully saturated rings. The van der Waals surface area contributed by atoms with Gasteiger partial charge < -0.3 is 5.32 Å². The molecule has 1 aliphatic heterocycles. The van der Waals surface area contributed by atoms with Crippen LogP contribution in [0.15, 0.2) is 29.2 Å². The molecule has 0 spiro atoms. The maximum Gasteiger partial charge on any atom is 0.0107 e. The first-order chi connectivity index (χ1) is 8.16. The lowest BCUT2D eigenvalue weighted by molar-refractivity contribution is 0.430. The molecule has 0 bridgehead atoms. The highest BCUT2D eigenvalue weighted by Gasteiger charge is 2.24. The molecule has 0 amide bonds. The lowest BCUT2D eigenvalue weighted by atomic mass is 9.91. The van der Waals surface area contributed by atoms with Crippen LogP contribution in [-0.2, 0) is 0 Å². The molecular formula is C15H23NS. The van der Waals surface area contributed by atoms with E-state index in [1.54, 1.807) is 5.56 Å². The zero-order valence-corrected chi connectivity index (χ0v) is 11.9. The van der Waals surface area contributed by atoms with Crippen LogP contribution in [0.5, 0.6) is 0 Å². The van der Waals surface area contributed by atoms with Crippen LogP contribution in [0.3, 0.4) is 0 Å². The summed E-state index contributed by atoms with van der Waals surface area (Å²) in [5, 5.41) is 3.54. The first-order valence-electron chi connectivity index (χ1n) is 6.62. The average Bonchev–Trinajstić information content (AvgIpc) is 2.70. The molecule has 0 saturated heterocycles. The molecule has 1 N–H and O–H groups in total. The summed E-state index contributed by atoms with van der Waals surface area (Å²) in [6, 6.07) is 9.49. The Bertz CT molecular complexity index is 362. The average molecular weight is 249 g/mol. The van der Waals surface area contributed by atoms with Crippen LogP contribution in [0, 0.1) is 5.92 Å². The quantitative estimate of drug-likeness (QED) is 0.849. The van der Waals surface area contributed by atoms with Crippen LogP contribution in [0.2, 0.25) is 0 Å².